The molecule has 0 aliphatic rings. The molecule has 0 spiro atoms. The van der Waals surface area contributed by atoms with Crippen LogP contribution in [0.2, 0.25) is 0 Å². The van der Waals surface area contributed by atoms with Gasteiger partial charge in [-0.15, -0.1) is 0 Å². The molecule has 0 saturated heterocycles. The number of hydrogen-bond donors (Lipinski definition) is 1. The van der Waals surface area contributed by atoms with E-state index in [0.717, 1.165) is 30.7 Å². The zero-order chi connectivity index (χ0) is 14.5. The summed E-state index contributed by atoms with van der Waals surface area (Å²) in [7, 11) is 3.77. The topological polar surface area (TPSA) is 47.0 Å². The fourth-order valence-electron chi connectivity index (χ4n) is 2.16. The van der Waals surface area contributed by atoms with Crippen LogP contribution in [0.15, 0.2) is 6.07 Å². The maximum absolute atomic E-state index is 5.49. The zero-order valence-corrected chi connectivity index (χ0v) is 13.1. The largest absolute Gasteiger partial charge is 0.379 e. The van der Waals surface area contributed by atoms with Gasteiger partial charge in [-0.2, -0.15) is 10.2 Å². The Balaban J connectivity index is 2.88. The lowest BCUT2D eigenvalue weighted by Crippen LogP contribution is -2.26. The van der Waals surface area contributed by atoms with Gasteiger partial charge < -0.3 is 10.1 Å². The molecule has 108 valence electrons. The Bertz CT molecular complexity index is 404. The predicted octanol–water partition coefficient (Wildman–Crippen LogP) is 2.81. The third-order valence-corrected chi connectivity index (χ3v) is 3.67. The SMILES string of the molecule is CCc1nnc(C)cc1C(CCC(C)(C)OC)NC. The summed E-state index contributed by atoms with van der Waals surface area (Å²) in [5, 5.41) is 11.9. The van der Waals surface area contributed by atoms with E-state index < -0.39 is 0 Å². The number of aromatic nitrogens is 2. The number of nitrogens with one attached hydrogen (secondary N) is 1. The minimum Gasteiger partial charge on any atom is -0.379 e. The molecule has 4 nitrogen and oxygen atoms in total. The van der Waals surface area contributed by atoms with Crippen LogP contribution in [0.1, 0.15) is 56.6 Å². The maximum Gasteiger partial charge on any atom is 0.0676 e. The Kier molecular flexibility index (Phi) is 5.88. The molecule has 1 atom stereocenters. The van der Waals surface area contributed by atoms with Crippen molar-refractivity contribution in [2.45, 2.75) is 58.6 Å². The molecule has 0 radical (unpaired) electrons. The van der Waals surface area contributed by atoms with Crippen molar-refractivity contribution in [1.29, 1.82) is 0 Å². The monoisotopic (exact) mass is 265 g/mol. The van der Waals surface area contributed by atoms with Gasteiger partial charge in [0.05, 0.1) is 17.0 Å². The molecule has 19 heavy (non-hydrogen) atoms. The molecule has 1 rings (SSSR count). The van der Waals surface area contributed by atoms with Gasteiger partial charge in [0.25, 0.3) is 0 Å². The molecule has 0 aromatic carbocycles. The van der Waals surface area contributed by atoms with Crippen LogP contribution in [0.3, 0.4) is 0 Å². The molecule has 1 aromatic rings. The highest BCUT2D eigenvalue weighted by Gasteiger charge is 2.21. The zero-order valence-electron chi connectivity index (χ0n) is 13.1. The van der Waals surface area contributed by atoms with Crippen molar-refractivity contribution in [1.82, 2.24) is 15.5 Å². The summed E-state index contributed by atoms with van der Waals surface area (Å²) in [6, 6.07) is 2.45. The van der Waals surface area contributed by atoms with Gasteiger partial charge in [0, 0.05) is 13.2 Å². The van der Waals surface area contributed by atoms with Crippen molar-refractivity contribution in [3.05, 3.63) is 23.0 Å². The highest BCUT2D eigenvalue weighted by molar-refractivity contribution is 5.24. The van der Waals surface area contributed by atoms with Crippen LogP contribution in [0, 0.1) is 6.92 Å². The summed E-state index contributed by atoms with van der Waals surface area (Å²) in [6.45, 7) is 8.35. The normalized spacial score (nSPS) is 13.6. The van der Waals surface area contributed by atoms with Gasteiger partial charge in [0.2, 0.25) is 0 Å². The highest BCUT2D eigenvalue weighted by atomic mass is 16.5. The lowest BCUT2D eigenvalue weighted by atomic mass is 9.93. The van der Waals surface area contributed by atoms with E-state index in [2.05, 4.69) is 42.4 Å². The second-order valence-corrected chi connectivity index (χ2v) is 5.59. The summed E-state index contributed by atoms with van der Waals surface area (Å²) in [5.41, 5.74) is 3.24. The highest BCUT2D eigenvalue weighted by Crippen LogP contribution is 2.26. The summed E-state index contributed by atoms with van der Waals surface area (Å²) in [4.78, 5) is 0. The molecule has 4 heteroatoms. The van der Waals surface area contributed by atoms with Gasteiger partial charge in [-0.25, -0.2) is 0 Å². The molecule has 0 aliphatic carbocycles. The first-order chi connectivity index (χ1) is 8.93. The van der Waals surface area contributed by atoms with E-state index in [1.807, 2.05) is 14.0 Å². The Morgan fingerprint density at radius 3 is 2.58 bits per heavy atom. The second-order valence-electron chi connectivity index (χ2n) is 5.59. The molecular formula is C15H27N3O. The molecule has 0 bridgehead atoms. The van der Waals surface area contributed by atoms with Crippen molar-refractivity contribution in [2.75, 3.05) is 14.2 Å². The van der Waals surface area contributed by atoms with Crippen LogP contribution in [-0.4, -0.2) is 30.0 Å². The predicted molar refractivity (Wildman–Crippen MR) is 78.3 cm³/mol. The minimum atomic E-state index is -0.0863. The first-order valence-electron chi connectivity index (χ1n) is 6.99. The standard InChI is InChI=1S/C15H27N3O/c1-7-13-12(10-11(2)17-18-13)14(16-5)8-9-15(3,4)19-6/h10,14,16H,7-9H2,1-6H3. The maximum atomic E-state index is 5.49. The Morgan fingerprint density at radius 1 is 1.37 bits per heavy atom. The van der Waals surface area contributed by atoms with Crippen LogP contribution in [0.25, 0.3) is 0 Å². The molecule has 0 amide bonds. The van der Waals surface area contributed by atoms with E-state index in [0.29, 0.717) is 6.04 Å². The average molecular weight is 265 g/mol. The van der Waals surface area contributed by atoms with Crippen LogP contribution in [0.4, 0.5) is 0 Å². The van der Waals surface area contributed by atoms with E-state index in [1.165, 1.54) is 5.56 Å². The summed E-state index contributed by atoms with van der Waals surface area (Å²) < 4.78 is 5.49. The van der Waals surface area contributed by atoms with Crippen molar-refractivity contribution >= 4 is 0 Å². The Labute approximate surface area is 117 Å². The van der Waals surface area contributed by atoms with Gasteiger partial charge in [0.1, 0.15) is 0 Å². The molecule has 0 fully saturated rings. The van der Waals surface area contributed by atoms with Crippen molar-refractivity contribution < 1.29 is 4.74 Å². The van der Waals surface area contributed by atoms with Gasteiger partial charge >= 0.3 is 0 Å². The van der Waals surface area contributed by atoms with Crippen LogP contribution in [-0.2, 0) is 11.2 Å². The van der Waals surface area contributed by atoms with Gasteiger partial charge in [-0.05, 0) is 58.7 Å². The van der Waals surface area contributed by atoms with Crippen LogP contribution < -0.4 is 5.32 Å². The fraction of sp³-hybridized carbons (Fsp3) is 0.733. The van der Waals surface area contributed by atoms with Gasteiger partial charge in [0.15, 0.2) is 0 Å². The van der Waals surface area contributed by atoms with Crippen LogP contribution in [0.5, 0.6) is 0 Å². The van der Waals surface area contributed by atoms with Gasteiger partial charge in [-0.1, -0.05) is 6.92 Å². The number of rotatable bonds is 7. The van der Waals surface area contributed by atoms with Crippen LogP contribution >= 0.6 is 0 Å². The van der Waals surface area contributed by atoms with Crippen molar-refractivity contribution in [3.8, 4) is 0 Å². The number of aryl methyl sites for hydroxylation is 2. The first-order valence-corrected chi connectivity index (χ1v) is 6.99. The van der Waals surface area contributed by atoms with E-state index in [4.69, 9.17) is 4.74 Å². The van der Waals surface area contributed by atoms with E-state index in [1.54, 1.807) is 7.11 Å². The number of ether oxygens (including phenoxy) is 1. The number of hydrogen-bond acceptors (Lipinski definition) is 4. The molecule has 1 heterocycles. The fourth-order valence-corrected chi connectivity index (χ4v) is 2.16. The number of methoxy groups -OCH3 is 1. The third-order valence-electron chi connectivity index (χ3n) is 3.67. The van der Waals surface area contributed by atoms with Crippen molar-refractivity contribution in [3.63, 3.8) is 0 Å². The smallest absolute Gasteiger partial charge is 0.0676 e. The lowest BCUT2D eigenvalue weighted by Gasteiger charge is -2.26. The second kappa shape index (κ2) is 6.96. The third kappa shape index (κ3) is 4.55. The average Bonchev–Trinajstić information content (AvgIpc) is 2.39. The number of nitrogens with zero attached hydrogens (tertiary/aromatic N) is 2. The molecule has 0 aliphatic heterocycles. The van der Waals surface area contributed by atoms with E-state index >= 15 is 0 Å². The van der Waals surface area contributed by atoms with Gasteiger partial charge in [-0.3, -0.25) is 0 Å². The Morgan fingerprint density at radius 2 is 2.05 bits per heavy atom. The molecule has 1 aromatic heterocycles. The minimum absolute atomic E-state index is 0.0863. The van der Waals surface area contributed by atoms with Crippen molar-refractivity contribution in [2.24, 2.45) is 0 Å². The van der Waals surface area contributed by atoms with E-state index in [9.17, 15) is 0 Å². The summed E-state index contributed by atoms with van der Waals surface area (Å²) in [5.74, 6) is 0. The first kappa shape index (κ1) is 16.1. The Hall–Kier alpha value is -1.00. The van der Waals surface area contributed by atoms with E-state index in [-0.39, 0.29) is 5.60 Å². The molecule has 1 unspecified atom stereocenters. The lowest BCUT2D eigenvalue weighted by molar-refractivity contribution is 0.0118. The molecular weight excluding hydrogens is 238 g/mol. The molecule has 0 saturated carbocycles. The summed E-state index contributed by atoms with van der Waals surface area (Å²) in [6.07, 6.45) is 2.93. The quantitative estimate of drug-likeness (QED) is 0.823. The molecule has 1 N–H and O–H groups in total. The summed E-state index contributed by atoms with van der Waals surface area (Å²) >= 11 is 0.